The van der Waals surface area contributed by atoms with Crippen LogP contribution in [0.15, 0.2) is 24.4 Å². The van der Waals surface area contributed by atoms with Crippen LogP contribution in [0, 0.1) is 0 Å². The molecule has 1 aromatic carbocycles. The summed E-state index contributed by atoms with van der Waals surface area (Å²) in [5.41, 5.74) is 0.965. The van der Waals surface area contributed by atoms with E-state index in [1.165, 1.54) is 0 Å². The topological polar surface area (TPSA) is 24.9 Å². The van der Waals surface area contributed by atoms with Crippen LogP contribution in [0.3, 0.4) is 0 Å². The molecule has 0 amide bonds. The van der Waals surface area contributed by atoms with Gasteiger partial charge in [-0.15, -0.1) is 0 Å². The number of halogens is 2. The third-order valence-corrected chi connectivity index (χ3v) is 3.57. The van der Waals surface area contributed by atoms with Crippen molar-refractivity contribution in [1.29, 1.82) is 0 Å². The van der Waals surface area contributed by atoms with Crippen molar-refractivity contribution in [3.05, 3.63) is 34.4 Å². The van der Waals surface area contributed by atoms with Gasteiger partial charge in [0.25, 0.3) is 0 Å². The van der Waals surface area contributed by atoms with E-state index in [2.05, 4.69) is 10.3 Å². The van der Waals surface area contributed by atoms with Crippen molar-refractivity contribution < 1.29 is 0 Å². The van der Waals surface area contributed by atoms with E-state index in [0.717, 1.165) is 22.1 Å². The predicted octanol–water partition coefficient (Wildman–Crippen LogP) is 4.55. The summed E-state index contributed by atoms with van der Waals surface area (Å²) in [7, 11) is 0. The molecular weight excluding hydrogens is 263 g/mol. The van der Waals surface area contributed by atoms with Crippen LogP contribution in [0.1, 0.15) is 6.92 Å². The number of thiazole rings is 1. The van der Waals surface area contributed by atoms with E-state index in [9.17, 15) is 0 Å². The fraction of sp³-hybridized carbons (Fsp3) is 0.182. The molecule has 5 heteroatoms. The number of nitrogens with zero attached hydrogens (tertiary/aromatic N) is 1. The molecule has 0 aliphatic carbocycles. The Kier molecular flexibility index (Phi) is 3.69. The smallest absolute Gasteiger partial charge is 0.183 e. The standard InChI is InChI=1S/C11H10Cl2N2S/c1-2-14-11-15-6-10(16-11)8-4-3-7(12)5-9(8)13/h3-6H,2H2,1H3,(H,14,15). The van der Waals surface area contributed by atoms with Crippen molar-refractivity contribution in [1.82, 2.24) is 4.98 Å². The lowest BCUT2D eigenvalue weighted by Crippen LogP contribution is -1.94. The molecule has 1 aromatic heterocycles. The highest BCUT2D eigenvalue weighted by Gasteiger charge is 2.08. The summed E-state index contributed by atoms with van der Waals surface area (Å²) < 4.78 is 0. The molecule has 0 aliphatic heterocycles. The van der Waals surface area contributed by atoms with Gasteiger partial charge in [0.2, 0.25) is 0 Å². The van der Waals surface area contributed by atoms with Crippen LogP contribution < -0.4 is 5.32 Å². The van der Waals surface area contributed by atoms with Crippen LogP contribution in [-0.2, 0) is 0 Å². The average molecular weight is 273 g/mol. The summed E-state index contributed by atoms with van der Waals surface area (Å²) >= 11 is 13.6. The zero-order valence-electron chi connectivity index (χ0n) is 8.63. The molecule has 0 radical (unpaired) electrons. The molecule has 0 spiro atoms. The molecule has 2 rings (SSSR count). The molecular formula is C11H10Cl2N2S. The first kappa shape index (κ1) is 11.7. The van der Waals surface area contributed by atoms with Crippen molar-refractivity contribution in [2.75, 3.05) is 11.9 Å². The molecule has 2 aromatic rings. The summed E-state index contributed by atoms with van der Waals surface area (Å²) in [6.45, 7) is 2.90. The number of rotatable bonds is 3. The van der Waals surface area contributed by atoms with Gasteiger partial charge in [0.05, 0.1) is 9.90 Å². The summed E-state index contributed by atoms with van der Waals surface area (Å²) in [6.07, 6.45) is 1.82. The van der Waals surface area contributed by atoms with Gasteiger partial charge in [-0.1, -0.05) is 40.6 Å². The first-order valence-corrected chi connectivity index (χ1v) is 6.43. The van der Waals surface area contributed by atoms with Crippen molar-refractivity contribution in [2.24, 2.45) is 0 Å². The number of anilines is 1. The number of benzene rings is 1. The first-order chi connectivity index (χ1) is 7.70. The zero-order chi connectivity index (χ0) is 11.5. The van der Waals surface area contributed by atoms with E-state index in [1.54, 1.807) is 17.4 Å². The van der Waals surface area contributed by atoms with Gasteiger partial charge in [-0.2, -0.15) is 0 Å². The van der Waals surface area contributed by atoms with E-state index >= 15 is 0 Å². The Bertz CT molecular complexity index is 496. The molecule has 0 atom stereocenters. The van der Waals surface area contributed by atoms with Crippen LogP contribution in [0.2, 0.25) is 10.0 Å². The molecule has 2 nitrogen and oxygen atoms in total. The molecule has 0 saturated carbocycles. The molecule has 0 aliphatic rings. The average Bonchev–Trinajstić information content (AvgIpc) is 2.67. The lowest BCUT2D eigenvalue weighted by molar-refractivity contribution is 1.19. The quantitative estimate of drug-likeness (QED) is 0.887. The fourth-order valence-corrected chi connectivity index (χ4v) is 2.81. The minimum absolute atomic E-state index is 0.644. The largest absolute Gasteiger partial charge is 0.362 e. The van der Waals surface area contributed by atoms with Crippen LogP contribution >= 0.6 is 34.5 Å². The monoisotopic (exact) mass is 272 g/mol. The van der Waals surface area contributed by atoms with Crippen LogP contribution in [0.4, 0.5) is 5.13 Å². The summed E-state index contributed by atoms with van der Waals surface area (Å²) in [5, 5.41) is 5.37. The Morgan fingerprint density at radius 1 is 1.38 bits per heavy atom. The lowest BCUT2D eigenvalue weighted by atomic mass is 10.2. The van der Waals surface area contributed by atoms with E-state index in [4.69, 9.17) is 23.2 Å². The second-order valence-electron chi connectivity index (χ2n) is 3.18. The van der Waals surface area contributed by atoms with Crippen molar-refractivity contribution in [3.8, 4) is 10.4 Å². The van der Waals surface area contributed by atoms with Gasteiger partial charge in [-0.25, -0.2) is 4.98 Å². The third-order valence-electron chi connectivity index (χ3n) is 2.03. The summed E-state index contributed by atoms with van der Waals surface area (Å²) in [6, 6.07) is 5.48. The van der Waals surface area contributed by atoms with Crippen molar-refractivity contribution in [3.63, 3.8) is 0 Å². The van der Waals surface area contributed by atoms with Gasteiger partial charge >= 0.3 is 0 Å². The third kappa shape index (κ3) is 2.48. The Balaban J connectivity index is 2.35. The molecule has 0 fully saturated rings. The van der Waals surface area contributed by atoms with E-state index in [-0.39, 0.29) is 0 Å². The van der Waals surface area contributed by atoms with Gasteiger partial charge in [-0.3, -0.25) is 0 Å². The lowest BCUT2D eigenvalue weighted by Gasteiger charge is -2.00. The highest BCUT2D eigenvalue weighted by Crippen LogP contribution is 2.35. The second kappa shape index (κ2) is 5.04. The highest BCUT2D eigenvalue weighted by molar-refractivity contribution is 7.18. The van der Waals surface area contributed by atoms with Gasteiger partial charge in [0.1, 0.15) is 0 Å². The first-order valence-electron chi connectivity index (χ1n) is 4.86. The van der Waals surface area contributed by atoms with E-state index < -0.39 is 0 Å². The van der Waals surface area contributed by atoms with Gasteiger partial charge in [0.15, 0.2) is 5.13 Å². The molecule has 0 unspecified atom stereocenters. The maximum absolute atomic E-state index is 6.12. The Morgan fingerprint density at radius 3 is 2.88 bits per heavy atom. The second-order valence-corrected chi connectivity index (χ2v) is 5.06. The number of hydrogen-bond acceptors (Lipinski definition) is 3. The van der Waals surface area contributed by atoms with Gasteiger partial charge in [-0.05, 0) is 19.1 Å². The minimum atomic E-state index is 0.644. The Morgan fingerprint density at radius 2 is 2.19 bits per heavy atom. The molecule has 0 bridgehead atoms. The summed E-state index contributed by atoms with van der Waals surface area (Å²) in [4.78, 5) is 5.30. The molecule has 0 saturated heterocycles. The van der Waals surface area contributed by atoms with Crippen molar-refractivity contribution >= 4 is 39.7 Å². The maximum atomic E-state index is 6.12. The number of hydrogen-bond donors (Lipinski definition) is 1. The normalized spacial score (nSPS) is 10.4. The highest BCUT2D eigenvalue weighted by atomic mass is 35.5. The van der Waals surface area contributed by atoms with E-state index in [0.29, 0.717) is 10.0 Å². The van der Waals surface area contributed by atoms with Gasteiger partial charge < -0.3 is 5.32 Å². The predicted molar refractivity (Wildman–Crippen MR) is 71.7 cm³/mol. The zero-order valence-corrected chi connectivity index (χ0v) is 11.0. The maximum Gasteiger partial charge on any atom is 0.183 e. The van der Waals surface area contributed by atoms with Gasteiger partial charge in [0, 0.05) is 23.3 Å². The minimum Gasteiger partial charge on any atom is -0.362 e. The molecule has 16 heavy (non-hydrogen) atoms. The molecule has 84 valence electrons. The van der Waals surface area contributed by atoms with Crippen LogP contribution in [-0.4, -0.2) is 11.5 Å². The fourth-order valence-electron chi connectivity index (χ4n) is 1.32. The van der Waals surface area contributed by atoms with Crippen LogP contribution in [0.25, 0.3) is 10.4 Å². The van der Waals surface area contributed by atoms with Crippen LogP contribution in [0.5, 0.6) is 0 Å². The number of aromatic nitrogens is 1. The summed E-state index contributed by atoms with van der Waals surface area (Å²) in [5.74, 6) is 0. The number of nitrogens with one attached hydrogen (secondary N) is 1. The van der Waals surface area contributed by atoms with E-state index in [1.807, 2.05) is 25.3 Å². The Hall–Kier alpha value is -0.770. The molecule has 1 N–H and O–H groups in total. The van der Waals surface area contributed by atoms with Crippen molar-refractivity contribution in [2.45, 2.75) is 6.92 Å². The SMILES string of the molecule is CCNc1ncc(-c2ccc(Cl)cc2Cl)s1. The Labute approximate surface area is 108 Å². The molecule has 1 heterocycles.